The molecule has 1 aromatic carbocycles. The molecule has 0 aliphatic carbocycles. The summed E-state index contributed by atoms with van der Waals surface area (Å²) in [6, 6.07) is 7.14. The molecule has 2 nitrogen and oxygen atoms in total. The van der Waals surface area contributed by atoms with Crippen molar-refractivity contribution in [3.05, 3.63) is 34.9 Å². The highest BCUT2D eigenvalue weighted by atomic mass is 15.1. The van der Waals surface area contributed by atoms with E-state index in [0.29, 0.717) is 6.04 Å². The van der Waals surface area contributed by atoms with Gasteiger partial charge in [0.1, 0.15) is 0 Å². The second-order valence-corrected chi connectivity index (χ2v) is 7.75. The molecule has 0 amide bonds. The Kier molecular flexibility index (Phi) is 4.27. The number of piperidine rings is 1. The number of nitrogens with one attached hydrogen (secondary N) is 2. The minimum absolute atomic E-state index is 0.209. The van der Waals surface area contributed by atoms with E-state index in [1.165, 1.54) is 29.5 Å². The van der Waals surface area contributed by atoms with Crippen LogP contribution in [0.15, 0.2) is 18.2 Å². The van der Waals surface area contributed by atoms with Crippen molar-refractivity contribution >= 4 is 0 Å². The Morgan fingerprint density at radius 1 is 1.05 bits per heavy atom. The van der Waals surface area contributed by atoms with Gasteiger partial charge in [-0.25, -0.2) is 0 Å². The predicted octanol–water partition coefficient (Wildman–Crippen LogP) is 3.70. The average molecular weight is 274 g/mol. The maximum atomic E-state index is 3.79. The van der Waals surface area contributed by atoms with Gasteiger partial charge in [-0.3, -0.25) is 0 Å². The standard InChI is InChI=1S/C18H30N2/c1-13-8-7-9-14(2)16(13)12-19-15-10-17(3,4)20-18(5,6)11-15/h7-9,15,19-20H,10-12H2,1-6H3. The largest absolute Gasteiger partial charge is 0.310 e. The van der Waals surface area contributed by atoms with E-state index in [2.05, 4.69) is 70.4 Å². The van der Waals surface area contributed by atoms with Crippen LogP contribution in [0.2, 0.25) is 0 Å². The first-order chi connectivity index (χ1) is 9.19. The molecule has 0 radical (unpaired) electrons. The molecule has 2 heteroatoms. The summed E-state index contributed by atoms with van der Waals surface area (Å²) in [5, 5.41) is 7.53. The molecule has 1 saturated heterocycles. The van der Waals surface area contributed by atoms with Gasteiger partial charge in [0.15, 0.2) is 0 Å². The number of benzene rings is 1. The average Bonchev–Trinajstić information content (AvgIpc) is 2.23. The van der Waals surface area contributed by atoms with Crippen LogP contribution in [0.3, 0.4) is 0 Å². The first-order valence-corrected chi connectivity index (χ1v) is 7.76. The first kappa shape index (κ1) is 15.5. The van der Waals surface area contributed by atoms with Crippen molar-refractivity contribution < 1.29 is 0 Å². The van der Waals surface area contributed by atoms with Gasteiger partial charge in [-0.05, 0) is 71.1 Å². The van der Waals surface area contributed by atoms with Crippen molar-refractivity contribution in [3.8, 4) is 0 Å². The maximum Gasteiger partial charge on any atom is 0.0213 e. The van der Waals surface area contributed by atoms with E-state index in [1.54, 1.807) is 0 Å². The van der Waals surface area contributed by atoms with E-state index in [0.717, 1.165) is 6.54 Å². The molecule has 1 aliphatic heterocycles. The number of hydrogen-bond donors (Lipinski definition) is 2. The summed E-state index contributed by atoms with van der Waals surface area (Å²) in [5.41, 5.74) is 4.66. The van der Waals surface area contributed by atoms with E-state index < -0.39 is 0 Å². The molecule has 20 heavy (non-hydrogen) atoms. The van der Waals surface area contributed by atoms with Crippen molar-refractivity contribution in [3.63, 3.8) is 0 Å². The zero-order chi connectivity index (χ0) is 15.0. The van der Waals surface area contributed by atoms with Crippen molar-refractivity contribution in [1.29, 1.82) is 0 Å². The van der Waals surface area contributed by atoms with Gasteiger partial charge in [-0.1, -0.05) is 18.2 Å². The molecule has 1 heterocycles. The third-order valence-corrected chi connectivity index (χ3v) is 4.40. The molecule has 2 N–H and O–H groups in total. The van der Waals surface area contributed by atoms with E-state index in [9.17, 15) is 0 Å². The Morgan fingerprint density at radius 2 is 1.55 bits per heavy atom. The monoisotopic (exact) mass is 274 g/mol. The van der Waals surface area contributed by atoms with Crippen LogP contribution in [0.1, 0.15) is 57.2 Å². The Labute approximate surface area is 124 Å². The summed E-state index contributed by atoms with van der Waals surface area (Å²) in [5.74, 6) is 0. The third kappa shape index (κ3) is 3.83. The lowest BCUT2D eigenvalue weighted by Crippen LogP contribution is -2.61. The molecule has 0 unspecified atom stereocenters. The van der Waals surface area contributed by atoms with Crippen molar-refractivity contribution in [2.45, 2.75) is 78.0 Å². The normalized spacial score (nSPS) is 21.9. The summed E-state index contributed by atoms with van der Waals surface area (Å²) < 4.78 is 0. The van der Waals surface area contributed by atoms with Gasteiger partial charge >= 0.3 is 0 Å². The fourth-order valence-corrected chi connectivity index (χ4v) is 3.84. The lowest BCUT2D eigenvalue weighted by atomic mass is 9.79. The van der Waals surface area contributed by atoms with Gasteiger partial charge < -0.3 is 10.6 Å². The van der Waals surface area contributed by atoms with Gasteiger partial charge in [0, 0.05) is 23.7 Å². The summed E-state index contributed by atoms with van der Waals surface area (Å²) in [7, 11) is 0. The fraction of sp³-hybridized carbons (Fsp3) is 0.667. The van der Waals surface area contributed by atoms with Crippen LogP contribution < -0.4 is 10.6 Å². The van der Waals surface area contributed by atoms with E-state index in [4.69, 9.17) is 0 Å². The number of aryl methyl sites for hydroxylation is 2. The second-order valence-electron chi connectivity index (χ2n) is 7.75. The number of hydrogen-bond acceptors (Lipinski definition) is 2. The minimum Gasteiger partial charge on any atom is -0.310 e. The molecule has 0 saturated carbocycles. The van der Waals surface area contributed by atoms with Gasteiger partial charge in [-0.15, -0.1) is 0 Å². The molecule has 112 valence electrons. The van der Waals surface area contributed by atoms with Crippen LogP contribution in [0, 0.1) is 13.8 Å². The minimum atomic E-state index is 0.209. The highest BCUT2D eigenvalue weighted by Gasteiger charge is 2.37. The van der Waals surface area contributed by atoms with Crippen molar-refractivity contribution in [2.24, 2.45) is 0 Å². The third-order valence-electron chi connectivity index (χ3n) is 4.40. The molecule has 0 aromatic heterocycles. The van der Waals surface area contributed by atoms with E-state index in [-0.39, 0.29) is 11.1 Å². The van der Waals surface area contributed by atoms with Gasteiger partial charge in [-0.2, -0.15) is 0 Å². The molecule has 0 bridgehead atoms. The summed E-state index contributed by atoms with van der Waals surface area (Å²) in [6.45, 7) is 14.6. The lowest BCUT2D eigenvalue weighted by Gasteiger charge is -2.46. The lowest BCUT2D eigenvalue weighted by molar-refractivity contribution is 0.145. The molecule has 2 rings (SSSR count). The maximum absolute atomic E-state index is 3.79. The zero-order valence-corrected chi connectivity index (χ0v) is 13.9. The van der Waals surface area contributed by atoms with Crippen molar-refractivity contribution in [1.82, 2.24) is 10.6 Å². The van der Waals surface area contributed by atoms with Crippen LogP contribution in [-0.4, -0.2) is 17.1 Å². The van der Waals surface area contributed by atoms with Crippen LogP contribution >= 0.6 is 0 Å². The van der Waals surface area contributed by atoms with Crippen LogP contribution in [0.25, 0.3) is 0 Å². The molecule has 1 aliphatic rings. The van der Waals surface area contributed by atoms with Gasteiger partial charge in [0.25, 0.3) is 0 Å². The Morgan fingerprint density at radius 3 is 2.05 bits per heavy atom. The van der Waals surface area contributed by atoms with Gasteiger partial charge in [0.05, 0.1) is 0 Å². The molecular formula is C18H30N2. The Bertz CT molecular complexity index is 438. The number of rotatable bonds is 3. The predicted molar refractivity (Wildman–Crippen MR) is 87.1 cm³/mol. The van der Waals surface area contributed by atoms with Crippen molar-refractivity contribution in [2.75, 3.05) is 0 Å². The van der Waals surface area contributed by atoms with E-state index in [1.807, 2.05) is 0 Å². The quantitative estimate of drug-likeness (QED) is 0.878. The first-order valence-electron chi connectivity index (χ1n) is 7.76. The van der Waals surface area contributed by atoms with Gasteiger partial charge in [0.2, 0.25) is 0 Å². The fourth-order valence-electron chi connectivity index (χ4n) is 3.84. The molecule has 0 atom stereocenters. The molecule has 0 spiro atoms. The van der Waals surface area contributed by atoms with Crippen LogP contribution in [-0.2, 0) is 6.54 Å². The van der Waals surface area contributed by atoms with E-state index >= 15 is 0 Å². The smallest absolute Gasteiger partial charge is 0.0213 e. The Hall–Kier alpha value is -0.860. The van der Waals surface area contributed by atoms with Crippen LogP contribution in [0.4, 0.5) is 0 Å². The van der Waals surface area contributed by atoms with Crippen LogP contribution in [0.5, 0.6) is 0 Å². The zero-order valence-electron chi connectivity index (χ0n) is 13.9. The highest BCUT2D eigenvalue weighted by Crippen LogP contribution is 2.28. The Balaban J connectivity index is 2.04. The molecule has 1 fully saturated rings. The SMILES string of the molecule is Cc1cccc(C)c1CNC1CC(C)(C)NC(C)(C)C1. The summed E-state index contributed by atoms with van der Waals surface area (Å²) in [4.78, 5) is 0. The topological polar surface area (TPSA) is 24.1 Å². The summed E-state index contributed by atoms with van der Waals surface area (Å²) >= 11 is 0. The molecular weight excluding hydrogens is 244 g/mol. The summed E-state index contributed by atoms with van der Waals surface area (Å²) in [6.07, 6.45) is 2.36. The second kappa shape index (κ2) is 5.50. The molecule has 1 aromatic rings. The highest BCUT2D eigenvalue weighted by molar-refractivity contribution is 5.33.